The zero-order chi connectivity index (χ0) is 28.9. The lowest BCUT2D eigenvalue weighted by atomic mass is 10.0. The van der Waals surface area contributed by atoms with Gasteiger partial charge in [0.1, 0.15) is 6.10 Å². The van der Waals surface area contributed by atoms with E-state index in [1.807, 2.05) is 18.2 Å². The Hall–Kier alpha value is -2.80. The summed E-state index contributed by atoms with van der Waals surface area (Å²) in [6.45, 7) is 6.37. The minimum absolute atomic E-state index is 0.100. The number of hydrogen-bond donors (Lipinski definition) is 0. The van der Waals surface area contributed by atoms with Gasteiger partial charge in [0.2, 0.25) is 10.0 Å². The molecule has 2 fully saturated rings. The average Bonchev–Trinajstić information content (AvgIpc) is 3.00. The maximum Gasteiger partial charge on any atom is 0.243 e. The van der Waals surface area contributed by atoms with E-state index >= 15 is 0 Å². The first-order chi connectivity index (χ1) is 19.7. The summed E-state index contributed by atoms with van der Waals surface area (Å²) in [6, 6.07) is 24.2. The fourth-order valence-corrected chi connectivity index (χ4v) is 7.25. The van der Waals surface area contributed by atoms with Crippen LogP contribution >= 0.6 is 0 Å². The van der Waals surface area contributed by atoms with E-state index in [-0.39, 0.29) is 15.9 Å². The Kier molecular flexibility index (Phi) is 9.42. The Balaban J connectivity index is 1.17. The molecule has 3 aromatic carbocycles. The molecule has 0 aliphatic carbocycles. The van der Waals surface area contributed by atoms with Gasteiger partial charge in [-0.25, -0.2) is 16.8 Å². The third kappa shape index (κ3) is 7.35. The summed E-state index contributed by atoms with van der Waals surface area (Å²) in [6.07, 6.45) is 0.899. The van der Waals surface area contributed by atoms with Gasteiger partial charge in [-0.1, -0.05) is 42.5 Å². The first kappa shape index (κ1) is 29.7. The molecule has 0 saturated carbocycles. The van der Waals surface area contributed by atoms with Crippen LogP contribution in [0.5, 0.6) is 0 Å². The van der Waals surface area contributed by atoms with Crippen molar-refractivity contribution in [3.63, 3.8) is 0 Å². The second kappa shape index (κ2) is 13.0. The highest BCUT2D eigenvalue weighted by Crippen LogP contribution is 2.28. The predicted molar refractivity (Wildman–Crippen MR) is 158 cm³/mol. The Morgan fingerprint density at radius 1 is 0.732 bits per heavy atom. The van der Waals surface area contributed by atoms with Gasteiger partial charge in [-0.3, -0.25) is 4.90 Å². The predicted octanol–water partition coefficient (Wildman–Crippen LogP) is 3.04. The van der Waals surface area contributed by atoms with Crippen LogP contribution in [-0.4, -0.2) is 97.9 Å². The third-order valence-electron chi connectivity index (χ3n) is 7.59. The number of morpholine rings is 1. The second-order valence-electron chi connectivity index (χ2n) is 10.3. The minimum Gasteiger partial charge on any atom is -0.378 e. The SMILES string of the molecule is CS(=O)(=O)c1ccc(S(=O)(=O)N2CCN(CCO[C@@H](c3ccccc3)c3ccc(N4CCOCC4)cc3)CC2)cc1. The first-order valence-corrected chi connectivity index (χ1v) is 17.2. The van der Waals surface area contributed by atoms with Crippen molar-refractivity contribution in [1.82, 2.24) is 9.21 Å². The summed E-state index contributed by atoms with van der Waals surface area (Å²) in [7, 11) is -7.08. The first-order valence-electron chi connectivity index (χ1n) is 13.8. The molecule has 0 unspecified atom stereocenters. The highest BCUT2D eigenvalue weighted by Gasteiger charge is 2.29. The molecule has 9 nitrogen and oxygen atoms in total. The topological polar surface area (TPSA) is 96.5 Å². The lowest BCUT2D eigenvalue weighted by molar-refractivity contribution is 0.0527. The maximum absolute atomic E-state index is 13.1. The second-order valence-corrected chi connectivity index (χ2v) is 14.3. The zero-order valence-corrected chi connectivity index (χ0v) is 24.9. The lowest BCUT2D eigenvalue weighted by Gasteiger charge is -2.34. The molecule has 0 spiro atoms. The Morgan fingerprint density at radius 2 is 1.32 bits per heavy atom. The van der Waals surface area contributed by atoms with E-state index in [4.69, 9.17) is 9.47 Å². The number of nitrogens with zero attached hydrogens (tertiary/aromatic N) is 3. The molecule has 2 saturated heterocycles. The van der Waals surface area contributed by atoms with Crippen molar-refractivity contribution >= 4 is 25.5 Å². The average molecular weight is 600 g/mol. The molecule has 1 atom stereocenters. The summed E-state index contributed by atoms with van der Waals surface area (Å²) >= 11 is 0. The molecule has 41 heavy (non-hydrogen) atoms. The molecule has 2 heterocycles. The fraction of sp³-hybridized carbons (Fsp3) is 0.400. The Bertz CT molecular complexity index is 1480. The molecule has 0 N–H and O–H groups in total. The molecule has 11 heteroatoms. The molecule has 2 aliphatic heterocycles. The quantitative estimate of drug-likeness (QED) is 0.351. The summed E-state index contributed by atoms with van der Waals surface area (Å²) in [5, 5.41) is 0. The zero-order valence-electron chi connectivity index (χ0n) is 23.3. The molecule has 0 aromatic heterocycles. The standard InChI is InChI=1S/C30H37N3O6S2/c1-40(34,35)28-11-13-29(14-12-28)41(36,37)33-17-15-31(16-18-33)19-24-39-30(25-5-3-2-4-6-25)26-7-9-27(10-8-26)32-20-22-38-23-21-32/h2-14,30H,15-24H2,1H3/t30-/m0/s1. The van der Waals surface area contributed by atoms with Gasteiger partial charge >= 0.3 is 0 Å². The highest BCUT2D eigenvalue weighted by atomic mass is 32.2. The van der Waals surface area contributed by atoms with E-state index in [1.54, 1.807) is 0 Å². The number of sulfone groups is 1. The number of benzene rings is 3. The number of sulfonamides is 1. The van der Waals surface area contributed by atoms with Crippen LogP contribution < -0.4 is 4.90 Å². The normalized spacial score (nSPS) is 18.3. The van der Waals surface area contributed by atoms with E-state index in [0.29, 0.717) is 39.3 Å². The largest absolute Gasteiger partial charge is 0.378 e. The fourth-order valence-electron chi connectivity index (χ4n) is 5.20. The molecule has 0 bridgehead atoms. The molecular formula is C30H37N3O6S2. The van der Waals surface area contributed by atoms with E-state index < -0.39 is 19.9 Å². The number of piperazine rings is 1. The molecule has 2 aliphatic rings. The van der Waals surface area contributed by atoms with Crippen molar-refractivity contribution in [2.24, 2.45) is 0 Å². The van der Waals surface area contributed by atoms with Gasteiger partial charge in [-0.15, -0.1) is 0 Å². The van der Waals surface area contributed by atoms with Gasteiger partial charge in [-0.2, -0.15) is 4.31 Å². The minimum atomic E-state index is -3.70. The van der Waals surface area contributed by atoms with Crippen LogP contribution in [0.2, 0.25) is 0 Å². The number of ether oxygens (including phenoxy) is 2. The van der Waals surface area contributed by atoms with Crippen LogP contribution in [0.1, 0.15) is 17.2 Å². The van der Waals surface area contributed by atoms with Crippen molar-refractivity contribution in [2.75, 3.05) is 76.8 Å². The van der Waals surface area contributed by atoms with Crippen LogP contribution in [0.4, 0.5) is 5.69 Å². The summed E-state index contributed by atoms with van der Waals surface area (Å²) < 4.78 is 63.1. The third-order valence-corrected chi connectivity index (χ3v) is 10.6. The van der Waals surface area contributed by atoms with Crippen molar-refractivity contribution in [1.29, 1.82) is 0 Å². The van der Waals surface area contributed by atoms with Crippen LogP contribution in [0.3, 0.4) is 0 Å². The smallest absolute Gasteiger partial charge is 0.243 e. The number of rotatable bonds is 10. The van der Waals surface area contributed by atoms with Gasteiger partial charge in [0, 0.05) is 57.8 Å². The number of hydrogen-bond acceptors (Lipinski definition) is 8. The van der Waals surface area contributed by atoms with Gasteiger partial charge in [0.05, 0.1) is 29.6 Å². The Morgan fingerprint density at radius 3 is 1.93 bits per heavy atom. The maximum atomic E-state index is 13.1. The number of anilines is 1. The van der Waals surface area contributed by atoms with Crippen molar-refractivity contribution in [3.05, 3.63) is 90.0 Å². The van der Waals surface area contributed by atoms with E-state index in [9.17, 15) is 16.8 Å². The highest BCUT2D eigenvalue weighted by molar-refractivity contribution is 7.90. The molecular weight excluding hydrogens is 562 g/mol. The van der Waals surface area contributed by atoms with Gasteiger partial charge in [0.25, 0.3) is 0 Å². The van der Waals surface area contributed by atoms with Crippen molar-refractivity contribution in [2.45, 2.75) is 15.9 Å². The van der Waals surface area contributed by atoms with Crippen LogP contribution in [0.15, 0.2) is 88.7 Å². The molecule has 3 aromatic rings. The van der Waals surface area contributed by atoms with Crippen LogP contribution in [-0.2, 0) is 29.3 Å². The monoisotopic (exact) mass is 599 g/mol. The summed E-state index contributed by atoms with van der Waals surface area (Å²) in [5.41, 5.74) is 3.36. The summed E-state index contributed by atoms with van der Waals surface area (Å²) in [4.78, 5) is 4.74. The molecule has 5 rings (SSSR count). The van der Waals surface area contributed by atoms with Crippen LogP contribution in [0, 0.1) is 0 Å². The Labute approximate surface area is 243 Å². The molecule has 220 valence electrons. The molecule has 0 amide bonds. The lowest BCUT2D eigenvalue weighted by Crippen LogP contribution is -2.49. The van der Waals surface area contributed by atoms with E-state index in [1.165, 1.54) is 34.3 Å². The van der Waals surface area contributed by atoms with Crippen molar-refractivity contribution < 1.29 is 26.3 Å². The van der Waals surface area contributed by atoms with Gasteiger partial charge in [-0.05, 0) is 47.5 Å². The van der Waals surface area contributed by atoms with E-state index in [2.05, 4.69) is 46.2 Å². The van der Waals surface area contributed by atoms with Crippen LogP contribution in [0.25, 0.3) is 0 Å². The van der Waals surface area contributed by atoms with E-state index in [0.717, 1.165) is 43.7 Å². The van der Waals surface area contributed by atoms with Gasteiger partial charge in [0.15, 0.2) is 9.84 Å². The molecule has 0 radical (unpaired) electrons. The van der Waals surface area contributed by atoms with Crippen molar-refractivity contribution in [3.8, 4) is 0 Å². The summed E-state index contributed by atoms with van der Waals surface area (Å²) in [5.74, 6) is 0. The van der Waals surface area contributed by atoms with Gasteiger partial charge < -0.3 is 14.4 Å².